The molecular formula is C17H14ClF4NO3S. The molecule has 0 aromatic heterocycles. The maximum Gasteiger partial charge on any atom is 0.417 e. The molecule has 0 heterocycles. The molecule has 0 unspecified atom stereocenters. The first-order valence-corrected chi connectivity index (χ1v) is 9.18. The standard InChI is InChI=1S/C17H14ClF4NO3S/c1-3-8-23(11-4-6-14(18)13(9-11)17(20,21)22)27(24,25)12-5-7-16(26-2)15(19)10-12/h3-7,9-10H,1,8H2,2H3. The molecule has 146 valence electrons. The number of hydrogen-bond acceptors (Lipinski definition) is 3. The molecule has 0 bridgehead atoms. The lowest BCUT2D eigenvalue weighted by Crippen LogP contribution is -2.31. The summed E-state index contributed by atoms with van der Waals surface area (Å²) in [6.45, 7) is 3.08. The molecule has 2 aromatic rings. The van der Waals surface area contributed by atoms with E-state index < -0.39 is 37.5 Å². The number of rotatable bonds is 6. The normalized spacial score (nSPS) is 11.9. The van der Waals surface area contributed by atoms with Crippen molar-refractivity contribution in [1.29, 1.82) is 0 Å². The van der Waals surface area contributed by atoms with Crippen molar-refractivity contribution in [3.05, 3.63) is 65.5 Å². The van der Waals surface area contributed by atoms with Gasteiger partial charge in [0.25, 0.3) is 10.0 Å². The molecule has 0 amide bonds. The van der Waals surface area contributed by atoms with Crippen LogP contribution in [0, 0.1) is 5.82 Å². The van der Waals surface area contributed by atoms with Gasteiger partial charge in [-0.1, -0.05) is 17.7 Å². The van der Waals surface area contributed by atoms with Crippen molar-refractivity contribution in [2.75, 3.05) is 18.0 Å². The number of benzene rings is 2. The van der Waals surface area contributed by atoms with Gasteiger partial charge in [-0.3, -0.25) is 4.31 Å². The van der Waals surface area contributed by atoms with Gasteiger partial charge in [0.05, 0.1) is 34.8 Å². The first-order valence-electron chi connectivity index (χ1n) is 7.36. The Balaban J connectivity index is 2.60. The molecule has 2 rings (SSSR count). The Hall–Kier alpha value is -2.26. The second-order valence-electron chi connectivity index (χ2n) is 5.28. The number of nitrogens with zero attached hydrogens (tertiary/aromatic N) is 1. The zero-order chi connectivity index (χ0) is 20.4. The third-order valence-corrected chi connectivity index (χ3v) is 5.67. The van der Waals surface area contributed by atoms with Crippen molar-refractivity contribution in [3.8, 4) is 5.75 Å². The van der Waals surface area contributed by atoms with Crippen molar-refractivity contribution in [1.82, 2.24) is 0 Å². The molecular weight excluding hydrogens is 410 g/mol. The lowest BCUT2D eigenvalue weighted by Gasteiger charge is -2.24. The van der Waals surface area contributed by atoms with Crippen LogP contribution in [0.1, 0.15) is 5.56 Å². The van der Waals surface area contributed by atoms with E-state index in [1.54, 1.807) is 0 Å². The van der Waals surface area contributed by atoms with Crippen LogP contribution in [0.2, 0.25) is 5.02 Å². The SMILES string of the molecule is C=CCN(c1ccc(Cl)c(C(F)(F)F)c1)S(=O)(=O)c1ccc(OC)c(F)c1. The minimum atomic E-state index is -4.77. The number of hydrogen-bond donors (Lipinski definition) is 0. The summed E-state index contributed by atoms with van der Waals surface area (Å²) < 4.78 is 84.4. The van der Waals surface area contributed by atoms with E-state index in [1.165, 1.54) is 13.2 Å². The Labute approximate surface area is 158 Å². The van der Waals surface area contributed by atoms with Gasteiger partial charge in [0.1, 0.15) is 0 Å². The van der Waals surface area contributed by atoms with E-state index >= 15 is 0 Å². The number of alkyl halides is 3. The first-order chi connectivity index (χ1) is 12.5. The quantitative estimate of drug-likeness (QED) is 0.491. The number of sulfonamides is 1. The van der Waals surface area contributed by atoms with Crippen LogP contribution in [0.4, 0.5) is 23.2 Å². The van der Waals surface area contributed by atoms with Gasteiger partial charge < -0.3 is 4.74 Å². The zero-order valence-electron chi connectivity index (χ0n) is 13.9. The summed E-state index contributed by atoms with van der Waals surface area (Å²) in [6, 6.07) is 5.61. The van der Waals surface area contributed by atoms with Crippen LogP contribution in [-0.4, -0.2) is 22.1 Å². The highest BCUT2D eigenvalue weighted by molar-refractivity contribution is 7.92. The highest BCUT2D eigenvalue weighted by Crippen LogP contribution is 2.38. The molecule has 0 saturated heterocycles. The molecule has 0 radical (unpaired) electrons. The first kappa shape index (κ1) is 21.0. The Morgan fingerprint density at radius 3 is 2.41 bits per heavy atom. The lowest BCUT2D eigenvalue weighted by atomic mass is 10.2. The molecule has 4 nitrogen and oxygen atoms in total. The summed E-state index contributed by atoms with van der Waals surface area (Å²) in [6.07, 6.45) is -3.58. The number of methoxy groups -OCH3 is 1. The van der Waals surface area contributed by atoms with Crippen LogP contribution >= 0.6 is 11.6 Å². The van der Waals surface area contributed by atoms with Gasteiger partial charge >= 0.3 is 6.18 Å². The van der Waals surface area contributed by atoms with Crippen molar-refractivity contribution in [3.63, 3.8) is 0 Å². The van der Waals surface area contributed by atoms with Crippen molar-refractivity contribution >= 4 is 27.3 Å². The second-order valence-corrected chi connectivity index (χ2v) is 7.55. The predicted octanol–water partition coefficient (Wildman–Crippen LogP) is 4.89. The largest absolute Gasteiger partial charge is 0.494 e. The molecule has 2 aromatic carbocycles. The zero-order valence-corrected chi connectivity index (χ0v) is 15.5. The molecule has 0 spiro atoms. The van der Waals surface area contributed by atoms with E-state index in [9.17, 15) is 26.0 Å². The van der Waals surface area contributed by atoms with Gasteiger partial charge in [0.15, 0.2) is 11.6 Å². The van der Waals surface area contributed by atoms with Crippen LogP contribution in [0.3, 0.4) is 0 Å². The van der Waals surface area contributed by atoms with Crippen molar-refractivity contribution in [2.24, 2.45) is 0 Å². The Kier molecular flexibility index (Phi) is 6.06. The van der Waals surface area contributed by atoms with Gasteiger partial charge in [-0.15, -0.1) is 6.58 Å². The molecule has 0 aliphatic rings. The van der Waals surface area contributed by atoms with E-state index in [1.807, 2.05) is 0 Å². The fourth-order valence-electron chi connectivity index (χ4n) is 2.28. The summed E-state index contributed by atoms with van der Waals surface area (Å²) in [5.41, 5.74) is -1.48. The van der Waals surface area contributed by atoms with Crippen LogP contribution < -0.4 is 9.04 Å². The highest BCUT2D eigenvalue weighted by atomic mass is 35.5. The van der Waals surface area contributed by atoms with Crippen molar-refractivity contribution < 1.29 is 30.7 Å². The minimum absolute atomic E-state index is 0.171. The Morgan fingerprint density at radius 1 is 1.22 bits per heavy atom. The smallest absolute Gasteiger partial charge is 0.417 e. The van der Waals surface area contributed by atoms with Crippen LogP contribution in [0.5, 0.6) is 5.75 Å². The average Bonchev–Trinajstić information content (AvgIpc) is 2.59. The van der Waals surface area contributed by atoms with Gasteiger partial charge in [0.2, 0.25) is 0 Å². The van der Waals surface area contributed by atoms with E-state index in [4.69, 9.17) is 16.3 Å². The van der Waals surface area contributed by atoms with E-state index in [2.05, 4.69) is 6.58 Å². The van der Waals surface area contributed by atoms with Gasteiger partial charge in [-0.2, -0.15) is 13.2 Å². The Bertz CT molecular complexity index is 961. The summed E-state index contributed by atoms with van der Waals surface area (Å²) >= 11 is 5.58. The fraction of sp³-hybridized carbons (Fsp3) is 0.176. The third-order valence-electron chi connectivity index (χ3n) is 3.55. The molecule has 0 N–H and O–H groups in total. The summed E-state index contributed by atoms with van der Waals surface area (Å²) in [5.74, 6) is -1.10. The van der Waals surface area contributed by atoms with Crippen LogP contribution in [0.15, 0.2) is 53.9 Å². The summed E-state index contributed by atoms with van der Waals surface area (Å²) in [4.78, 5) is -0.453. The van der Waals surface area contributed by atoms with Crippen LogP contribution in [-0.2, 0) is 16.2 Å². The molecule has 0 atom stereocenters. The molecule has 27 heavy (non-hydrogen) atoms. The third kappa shape index (κ3) is 4.36. The molecule has 10 heteroatoms. The monoisotopic (exact) mass is 423 g/mol. The number of ether oxygens (including phenoxy) is 1. The summed E-state index contributed by atoms with van der Waals surface area (Å²) in [7, 11) is -3.17. The fourth-order valence-corrected chi connectivity index (χ4v) is 3.94. The Morgan fingerprint density at radius 2 is 1.89 bits per heavy atom. The van der Waals surface area contributed by atoms with Gasteiger partial charge in [0, 0.05) is 0 Å². The number of halogens is 5. The average molecular weight is 424 g/mol. The maximum absolute atomic E-state index is 13.9. The predicted molar refractivity (Wildman–Crippen MR) is 94.1 cm³/mol. The van der Waals surface area contributed by atoms with E-state index in [-0.39, 0.29) is 18.0 Å². The van der Waals surface area contributed by atoms with Gasteiger partial charge in [-0.25, -0.2) is 12.8 Å². The molecule has 0 saturated carbocycles. The topological polar surface area (TPSA) is 46.6 Å². The van der Waals surface area contributed by atoms with E-state index in [0.717, 1.165) is 30.3 Å². The summed E-state index contributed by atoms with van der Waals surface area (Å²) in [5, 5.41) is -0.572. The maximum atomic E-state index is 13.9. The molecule has 0 aliphatic heterocycles. The highest BCUT2D eigenvalue weighted by Gasteiger charge is 2.35. The van der Waals surface area contributed by atoms with Gasteiger partial charge in [-0.05, 0) is 36.4 Å². The minimum Gasteiger partial charge on any atom is -0.494 e. The second kappa shape index (κ2) is 7.77. The van der Waals surface area contributed by atoms with Crippen molar-refractivity contribution in [2.45, 2.75) is 11.1 Å². The lowest BCUT2D eigenvalue weighted by molar-refractivity contribution is -0.137. The molecule has 0 aliphatic carbocycles. The molecule has 0 fully saturated rings. The van der Waals surface area contributed by atoms with Crippen LogP contribution in [0.25, 0.3) is 0 Å². The van der Waals surface area contributed by atoms with E-state index in [0.29, 0.717) is 10.4 Å². The number of anilines is 1.